The first-order valence-electron chi connectivity index (χ1n) is 4.74. The van der Waals surface area contributed by atoms with Crippen molar-refractivity contribution in [2.24, 2.45) is 5.92 Å². The van der Waals surface area contributed by atoms with Crippen molar-refractivity contribution in [1.29, 1.82) is 0 Å². The number of rotatable bonds is 2. The van der Waals surface area contributed by atoms with Crippen molar-refractivity contribution in [3.63, 3.8) is 0 Å². The molecule has 1 N–H and O–H groups in total. The molecule has 0 aromatic heterocycles. The smallest absolute Gasteiger partial charge is 0.123 e. The predicted molar refractivity (Wildman–Crippen MR) is 53.9 cm³/mol. The molecule has 1 aromatic rings. The molecule has 1 aliphatic carbocycles. The van der Waals surface area contributed by atoms with E-state index in [9.17, 15) is 9.50 Å². The van der Waals surface area contributed by atoms with E-state index < -0.39 is 6.10 Å². The molecule has 2 unspecified atom stereocenters. The summed E-state index contributed by atoms with van der Waals surface area (Å²) in [6.45, 7) is 0. The van der Waals surface area contributed by atoms with Crippen LogP contribution in [0, 0.1) is 11.7 Å². The van der Waals surface area contributed by atoms with Gasteiger partial charge in [-0.15, -0.1) is 11.6 Å². The summed E-state index contributed by atoms with van der Waals surface area (Å²) in [5, 5.41) is 9.88. The van der Waals surface area contributed by atoms with Crippen LogP contribution in [0.1, 0.15) is 23.7 Å². The van der Waals surface area contributed by atoms with E-state index in [1.54, 1.807) is 6.07 Å². The fraction of sp³-hybridized carbons (Fsp3) is 0.455. The van der Waals surface area contributed by atoms with Crippen LogP contribution < -0.4 is 0 Å². The maximum atomic E-state index is 12.9. The average molecular weight is 215 g/mol. The standard InChI is InChI=1S/C11H12ClFO/c12-4-3-7-5-8-6-9(13)1-2-10(8)11(7)14/h1-2,6-7,11,14H,3-5H2. The summed E-state index contributed by atoms with van der Waals surface area (Å²) < 4.78 is 12.9. The minimum Gasteiger partial charge on any atom is -0.388 e. The minimum absolute atomic E-state index is 0.157. The molecule has 0 radical (unpaired) electrons. The number of aliphatic hydroxyl groups excluding tert-OH is 1. The molecular weight excluding hydrogens is 203 g/mol. The molecule has 2 rings (SSSR count). The highest BCUT2D eigenvalue weighted by Gasteiger charge is 2.30. The van der Waals surface area contributed by atoms with E-state index in [0.717, 1.165) is 24.0 Å². The molecule has 0 heterocycles. The monoisotopic (exact) mass is 214 g/mol. The predicted octanol–water partition coefficient (Wildman–Crippen LogP) is 2.66. The number of alkyl halides is 1. The molecule has 3 heteroatoms. The Labute approximate surface area is 87.5 Å². The number of hydrogen-bond acceptors (Lipinski definition) is 1. The second-order valence-corrected chi connectivity index (χ2v) is 4.11. The van der Waals surface area contributed by atoms with E-state index in [-0.39, 0.29) is 11.7 Å². The highest BCUT2D eigenvalue weighted by molar-refractivity contribution is 6.17. The van der Waals surface area contributed by atoms with Gasteiger partial charge in [-0.1, -0.05) is 6.07 Å². The third kappa shape index (κ3) is 1.64. The summed E-state index contributed by atoms with van der Waals surface area (Å²) in [6.07, 6.45) is 1.05. The van der Waals surface area contributed by atoms with Crippen LogP contribution in [-0.2, 0) is 6.42 Å². The molecule has 0 bridgehead atoms. The lowest BCUT2D eigenvalue weighted by molar-refractivity contribution is 0.121. The quantitative estimate of drug-likeness (QED) is 0.751. The zero-order valence-electron chi connectivity index (χ0n) is 7.71. The summed E-state index contributed by atoms with van der Waals surface area (Å²) in [5.74, 6) is 0.463. The lowest BCUT2D eigenvalue weighted by Crippen LogP contribution is -2.07. The fourth-order valence-electron chi connectivity index (χ4n) is 2.09. The van der Waals surface area contributed by atoms with Gasteiger partial charge in [0.1, 0.15) is 5.82 Å². The van der Waals surface area contributed by atoms with Crippen molar-refractivity contribution in [1.82, 2.24) is 0 Å². The van der Waals surface area contributed by atoms with Gasteiger partial charge in [-0.05, 0) is 42.0 Å². The van der Waals surface area contributed by atoms with Gasteiger partial charge in [0.2, 0.25) is 0 Å². The molecule has 76 valence electrons. The summed E-state index contributed by atoms with van der Waals surface area (Å²) in [4.78, 5) is 0. The molecule has 0 fully saturated rings. The summed E-state index contributed by atoms with van der Waals surface area (Å²) in [6, 6.07) is 4.57. The van der Waals surface area contributed by atoms with Crippen molar-refractivity contribution < 1.29 is 9.50 Å². The maximum Gasteiger partial charge on any atom is 0.123 e. The number of aliphatic hydroxyl groups is 1. The van der Waals surface area contributed by atoms with Crippen LogP contribution in [0.4, 0.5) is 4.39 Å². The van der Waals surface area contributed by atoms with Crippen LogP contribution in [0.5, 0.6) is 0 Å². The van der Waals surface area contributed by atoms with Crippen molar-refractivity contribution >= 4 is 11.6 Å². The van der Waals surface area contributed by atoms with Gasteiger partial charge in [0.15, 0.2) is 0 Å². The van der Waals surface area contributed by atoms with E-state index in [4.69, 9.17) is 11.6 Å². The summed E-state index contributed by atoms with van der Waals surface area (Å²) in [7, 11) is 0. The van der Waals surface area contributed by atoms with Gasteiger partial charge in [0.25, 0.3) is 0 Å². The van der Waals surface area contributed by atoms with E-state index in [1.165, 1.54) is 12.1 Å². The van der Waals surface area contributed by atoms with Crippen LogP contribution >= 0.6 is 11.6 Å². The fourth-order valence-corrected chi connectivity index (χ4v) is 2.37. The van der Waals surface area contributed by atoms with E-state index in [0.29, 0.717) is 5.88 Å². The van der Waals surface area contributed by atoms with Crippen LogP contribution in [0.3, 0.4) is 0 Å². The van der Waals surface area contributed by atoms with E-state index in [2.05, 4.69) is 0 Å². The number of halogens is 2. The minimum atomic E-state index is -0.468. The second kappa shape index (κ2) is 3.87. The Hall–Kier alpha value is -0.600. The van der Waals surface area contributed by atoms with Gasteiger partial charge in [-0.25, -0.2) is 4.39 Å². The maximum absolute atomic E-state index is 12.9. The van der Waals surface area contributed by atoms with Crippen LogP contribution in [-0.4, -0.2) is 11.0 Å². The van der Waals surface area contributed by atoms with Gasteiger partial charge in [0, 0.05) is 5.88 Å². The van der Waals surface area contributed by atoms with Crippen LogP contribution in [0.15, 0.2) is 18.2 Å². The Bertz CT molecular complexity index is 340. The molecule has 1 aromatic carbocycles. The Kier molecular flexibility index (Phi) is 2.75. The number of fused-ring (bicyclic) bond motifs is 1. The third-order valence-corrected chi connectivity index (χ3v) is 3.05. The molecule has 0 saturated carbocycles. The molecule has 1 nitrogen and oxygen atoms in total. The molecule has 0 saturated heterocycles. The number of benzene rings is 1. The Morgan fingerprint density at radius 2 is 2.29 bits per heavy atom. The summed E-state index contributed by atoms with van der Waals surface area (Å²) >= 11 is 5.64. The molecule has 1 aliphatic rings. The summed E-state index contributed by atoms with van der Waals surface area (Å²) in [5.41, 5.74) is 1.79. The highest BCUT2D eigenvalue weighted by Crippen LogP contribution is 2.38. The van der Waals surface area contributed by atoms with Crippen molar-refractivity contribution in [2.75, 3.05) is 5.88 Å². The topological polar surface area (TPSA) is 20.2 Å². The Balaban J connectivity index is 2.26. The highest BCUT2D eigenvalue weighted by atomic mass is 35.5. The second-order valence-electron chi connectivity index (χ2n) is 3.73. The van der Waals surface area contributed by atoms with Gasteiger partial charge in [-0.3, -0.25) is 0 Å². The van der Waals surface area contributed by atoms with Gasteiger partial charge < -0.3 is 5.11 Å². The molecular formula is C11H12ClFO. The SMILES string of the molecule is OC1c2ccc(F)cc2CC1CCCl. The first-order valence-corrected chi connectivity index (χ1v) is 5.28. The zero-order chi connectivity index (χ0) is 10.1. The Morgan fingerprint density at radius 3 is 3.00 bits per heavy atom. The molecule has 2 atom stereocenters. The average Bonchev–Trinajstić information content (AvgIpc) is 2.44. The van der Waals surface area contributed by atoms with Crippen LogP contribution in [0.2, 0.25) is 0 Å². The molecule has 0 aliphatic heterocycles. The number of hydrogen-bond donors (Lipinski definition) is 1. The zero-order valence-corrected chi connectivity index (χ0v) is 8.47. The largest absolute Gasteiger partial charge is 0.388 e. The van der Waals surface area contributed by atoms with Crippen molar-refractivity contribution in [3.8, 4) is 0 Å². The van der Waals surface area contributed by atoms with E-state index in [1.807, 2.05) is 0 Å². The van der Waals surface area contributed by atoms with Gasteiger partial charge in [-0.2, -0.15) is 0 Å². The lowest BCUT2D eigenvalue weighted by Gasteiger charge is -2.12. The lowest BCUT2D eigenvalue weighted by atomic mass is 10.0. The molecule has 0 amide bonds. The first-order chi connectivity index (χ1) is 6.72. The van der Waals surface area contributed by atoms with Crippen LogP contribution in [0.25, 0.3) is 0 Å². The Morgan fingerprint density at radius 1 is 1.50 bits per heavy atom. The molecule has 0 spiro atoms. The molecule has 14 heavy (non-hydrogen) atoms. The van der Waals surface area contributed by atoms with Gasteiger partial charge in [0.05, 0.1) is 6.10 Å². The third-order valence-electron chi connectivity index (χ3n) is 2.83. The van der Waals surface area contributed by atoms with E-state index >= 15 is 0 Å². The first kappa shape index (κ1) is 9.94. The van der Waals surface area contributed by atoms with Gasteiger partial charge >= 0.3 is 0 Å². The van der Waals surface area contributed by atoms with Crippen molar-refractivity contribution in [3.05, 3.63) is 35.1 Å². The van der Waals surface area contributed by atoms with Crippen molar-refractivity contribution in [2.45, 2.75) is 18.9 Å². The normalized spacial score (nSPS) is 25.1.